The molecule has 33 heavy (non-hydrogen) atoms. The SMILES string of the molecule is Cc1nc2ccccc2c(=O)n1-c1ccc(NC(=O)c2cc3cc(Br)ccc3oc2=O)cc1. The molecule has 0 aliphatic rings. The average Bonchev–Trinajstić information content (AvgIpc) is 2.80. The summed E-state index contributed by atoms with van der Waals surface area (Å²) in [5.41, 5.74) is 1.13. The molecule has 1 amide bonds. The molecule has 8 heteroatoms. The van der Waals surface area contributed by atoms with Crippen LogP contribution in [0.3, 0.4) is 0 Å². The van der Waals surface area contributed by atoms with E-state index in [4.69, 9.17) is 4.42 Å². The van der Waals surface area contributed by atoms with Crippen LogP contribution in [0, 0.1) is 6.92 Å². The van der Waals surface area contributed by atoms with E-state index in [2.05, 4.69) is 26.2 Å². The van der Waals surface area contributed by atoms with Gasteiger partial charge in [0.1, 0.15) is 17.0 Å². The number of hydrogen-bond acceptors (Lipinski definition) is 5. The number of carbonyl (C=O) groups is 1. The van der Waals surface area contributed by atoms with Crippen LogP contribution in [0.4, 0.5) is 5.69 Å². The second kappa shape index (κ2) is 8.14. The van der Waals surface area contributed by atoms with E-state index in [1.54, 1.807) is 67.6 Å². The van der Waals surface area contributed by atoms with Crippen molar-refractivity contribution in [3.8, 4) is 5.69 Å². The summed E-state index contributed by atoms with van der Waals surface area (Å²) in [6, 6.07) is 20.6. The van der Waals surface area contributed by atoms with Gasteiger partial charge < -0.3 is 9.73 Å². The monoisotopic (exact) mass is 501 g/mol. The van der Waals surface area contributed by atoms with Crippen molar-refractivity contribution in [2.75, 3.05) is 5.32 Å². The molecule has 0 saturated carbocycles. The van der Waals surface area contributed by atoms with E-state index in [0.29, 0.717) is 39.1 Å². The van der Waals surface area contributed by atoms with Crippen LogP contribution in [-0.2, 0) is 0 Å². The average molecular weight is 502 g/mol. The van der Waals surface area contributed by atoms with Gasteiger partial charge in [0.2, 0.25) is 0 Å². The molecule has 0 bridgehead atoms. The number of anilines is 1. The molecule has 5 aromatic rings. The topological polar surface area (TPSA) is 94.2 Å². The summed E-state index contributed by atoms with van der Waals surface area (Å²) in [5.74, 6) is -0.0329. The third-order valence-corrected chi connectivity index (χ3v) is 5.76. The number of amides is 1. The van der Waals surface area contributed by atoms with E-state index in [9.17, 15) is 14.4 Å². The van der Waals surface area contributed by atoms with Crippen molar-refractivity contribution in [2.24, 2.45) is 0 Å². The van der Waals surface area contributed by atoms with Crippen molar-refractivity contribution in [3.05, 3.63) is 109 Å². The van der Waals surface area contributed by atoms with Gasteiger partial charge in [0, 0.05) is 15.5 Å². The number of nitrogens with zero attached hydrogens (tertiary/aromatic N) is 2. The normalized spacial score (nSPS) is 11.1. The summed E-state index contributed by atoms with van der Waals surface area (Å²) in [7, 11) is 0. The van der Waals surface area contributed by atoms with Gasteiger partial charge in [-0.25, -0.2) is 9.78 Å². The minimum Gasteiger partial charge on any atom is -0.422 e. The molecule has 5 rings (SSSR count). The summed E-state index contributed by atoms with van der Waals surface area (Å²) in [6.45, 7) is 1.76. The highest BCUT2D eigenvalue weighted by Crippen LogP contribution is 2.20. The number of aryl methyl sites for hydroxylation is 1. The lowest BCUT2D eigenvalue weighted by molar-refractivity contribution is 0.102. The Balaban J connectivity index is 1.45. The first-order valence-electron chi connectivity index (χ1n) is 10.0. The molecule has 2 aromatic heterocycles. The zero-order valence-corrected chi connectivity index (χ0v) is 18.9. The molecule has 0 spiro atoms. The number of hydrogen-bond donors (Lipinski definition) is 1. The molecule has 7 nitrogen and oxygen atoms in total. The van der Waals surface area contributed by atoms with Gasteiger partial charge in [0.25, 0.3) is 11.5 Å². The number of fused-ring (bicyclic) bond motifs is 2. The van der Waals surface area contributed by atoms with Gasteiger partial charge in [-0.05, 0) is 67.6 Å². The van der Waals surface area contributed by atoms with Crippen molar-refractivity contribution < 1.29 is 9.21 Å². The second-order valence-electron chi connectivity index (χ2n) is 7.45. The number of aromatic nitrogens is 2. The summed E-state index contributed by atoms with van der Waals surface area (Å²) >= 11 is 3.37. The van der Waals surface area contributed by atoms with Crippen LogP contribution in [0.25, 0.3) is 27.6 Å². The summed E-state index contributed by atoms with van der Waals surface area (Å²) < 4.78 is 7.59. The van der Waals surface area contributed by atoms with E-state index < -0.39 is 11.5 Å². The standard InChI is InChI=1S/C25H16BrN3O4/c1-14-27-21-5-3-2-4-19(21)24(31)29(14)18-9-7-17(8-10-18)28-23(30)20-13-15-12-16(26)6-11-22(15)33-25(20)32/h2-13H,1H3,(H,28,30). The Labute approximate surface area is 195 Å². The summed E-state index contributed by atoms with van der Waals surface area (Å²) in [6.07, 6.45) is 0. The zero-order valence-electron chi connectivity index (χ0n) is 17.3. The van der Waals surface area contributed by atoms with Gasteiger partial charge in [-0.15, -0.1) is 0 Å². The summed E-state index contributed by atoms with van der Waals surface area (Å²) in [4.78, 5) is 42.5. The van der Waals surface area contributed by atoms with Gasteiger partial charge in [-0.1, -0.05) is 28.1 Å². The maximum Gasteiger partial charge on any atom is 0.349 e. The molecular weight excluding hydrogens is 486 g/mol. The van der Waals surface area contributed by atoms with E-state index in [0.717, 1.165) is 4.47 Å². The van der Waals surface area contributed by atoms with Crippen molar-refractivity contribution in [1.82, 2.24) is 9.55 Å². The van der Waals surface area contributed by atoms with Crippen molar-refractivity contribution in [3.63, 3.8) is 0 Å². The Hall–Kier alpha value is -4.04. The maximum absolute atomic E-state index is 13.0. The Kier molecular flexibility index (Phi) is 5.14. The molecule has 162 valence electrons. The molecule has 1 N–H and O–H groups in total. The van der Waals surface area contributed by atoms with Gasteiger partial charge in [0.05, 0.1) is 16.6 Å². The number of para-hydroxylation sites is 1. The fraction of sp³-hybridized carbons (Fsp3) is 0.0400. The molecule has 0 saturated heterocycles. The molecule has 3 aromatic carbocycles. The highest BCUT2D eigenvalue weighted by Gasteiger charge is 2.15. The molecule has 2 heterocycles. The Bertz CT molecular complexity index is 1670. The largest absolute Gasteiger partial charge is 0.422 e. The molecule has 0 unspecified atom stereocenters. The minimum atomic E-state index is -0.719. The molecule has 0 aliphatic carbocycles. The molecule has 0 fully saturated rings. The highest BCUT2D eigenvalue weighted by atomic mass is 79.9. The second-order valence-corrected chi connectivity index (χ2v) is 8.36. The first-order chi connectivity index (χ1) is 15.9. The van der Waals surface area contributed by atoms with Crippen LogP contribution in [0.5, 0.6) is 0 Å². The van der Waals surface area contributed by atoms with Crippen molar-refractivity contribution in [2.45, 2.75) is 6.92 Å². The van der Waals surface area contributed by atoms with Crippen molar-refractivity contribution >= 4 is 49.4 Å². The lowest BCUT2D eigenvalue weighted by Gasteiger charge is -2.12. The highest BCUT2D eigenvalue weighted by molar-refractivity contribution is 9.10. The smallest absolute Gasteiger partial charge is 0.349 e. The third-order valence-electron chi connectivity index (χ3n) is 5.27. The quantitative estimate of drug-likeness (QED) is 0.357. The number of carbonyl (C=O) groups excluding carboxylic acids is 1. The first-order valence-corrected chi connectivity index (χ1v) is 10.8. The van der Waals surface area contributed by atoms with Gasteiger partial charge >= 0.3 is 5.63 Å². The number of rotatable bonds is 3. The van der Waals surface area contributed by atoms with Crippen LogP contribution in [-0.4, -0.2) is 15.5 Å². The third kappa shape index (κ3) is 3.85. The zero-order chi connectivity index (χ0) is 23.1. The first kappa shape index (κ1) is 20.8. The van der Waals surface area contributed by atoms with Gasteiger partial charge in [-0.3, -0.25) is 14.2 Å². The van der Waals surface area contributed by atoms with E-state index in [1.165, 1.54) is 10.6 Å². The van der Waals surface area contributed by atoms with Crippen LogP contribution in [0.15, 0.2) is 91.3 Å². The van der Waals surface area contributed by atoms with Gasteiger partial charge in [0.15, 0.2) is 0 Å². The Morgan fingerprint density at radius 3 is 2.55 bits per heavy atom. The van der Waals surface area contributed by atoms with Crippen LogP contribution in [0.1, 0.15) is 16.2 Å². The van der Waals surface area contributed by atoms with Crippen LogP contribution >= 0.6 is 15.9 Å². The summed E-state index contributed by atoms with van der Waals surface area (Å²) in [5, 5.41) is 3.85. The van der Waals surface area contributed by atoms with E-state index in [1.807, 2.05) is 6.07 Å². The number of halogens is 1. The molecule has 0 radical (unpaired) electrons. The molecule has 0 atom stereocenters. The van der Waals surface area contributed by atoms with Crippen molar-refractivity contribution in [1.29, 1.82) is 0 Å². The molecular formula is C25H16BrN3O4. The number of benzene rings is 3. The minimum absolute atomic E-state index is 0.101. The van der Waals surface area contributed by atoms with E-state index >= 15 is 0 Å². The lowest BCUT2D eigenvalue weighted by atomic mass is 10.1. The van der Waals surface area contributed by atoms with Crippen LogP contribution < -0.4 is 16.5 Å². The fourth-order valence-electron chi connectivity index (χ4n) is 3.69. The lowest BCUT2D eigenvalue weighted by Crippen LogP contribution is -2.22. The maximum atomic E-state index is 13.0. The number of nitrogens with one attached hydrogen (secondary N) is 1. The Morgan fingerprint density at radius 2 is 1.76 bits per heavy atom. The van der Waals surface area contributed by atoms with Gasteiger partial charge in [-0.2, -0.15) is 0 Å². The molecule has 0 aliphatic heterocycles. The van der Waals surface area contributed by atoms with E-state index in [-0.39, 0.29) is 11.1 Å². The predicted octanol–water partition coefficient (Wildman–Crippen LogP) is 4.82. The Morgan fingerprint density at radius 1 is 1.00 bits per heavy atom. The van der Waals surface area contributed by atoms with Crippen LogP contribution in [0.2, 0.25) is 0 Å². The fourth-order valence-corrected chi connectivity index (χ4v) is 4.07. The predicted molar refractivity (Wildman–Crippen MR) is 130 cm³/mol.